The zero-order valence-electron chi connectivity index (χ0n) is 15.0. The van der Waals surface area contributed by atoms with E-state index in [9.17, 15) is 28.4 Å². The van der Waals surface area contributed by atoms with E-state index in [0.29, 0.717) is 17.1 Å². The molecule has 2 rings (SSSR count). The van der Waals surface area contributed by atoms with Gasteiger partial charge in [-0.15, -0.1) is 0 Å². The van der Waals surface area contributed by atoms with Crippen molar-refractivity contribution >= 4 is 56.3 Å². The number of carboxylic acids is 1. The van der Waals surface area contributed by atoms with Crippen LogP contribution in [0.15, 0.2) is 23.8 Å². The van der Waals surface area contributed by atoms with Crippen molar-refractivity contribution in [3.8, 4) is 0 Å². The second-order valence-corrected chi connectivity index (χ2v) is 8.77. The molecule has 0 fully saturated rings. The number of halogens is 1. The number of nitrogens with one attached hydrogen (secondary N) is 1. The Morgan fingerprint density at radius 2 is 2.11 bits per heavy atom. The molecule has 1 unspecified atom stereocenters. The Kier molecular flexibility index (Phi) is 6.63. The van der Waals surface area contributed by atoms with Crippen LogP contribution in [0.5, 0.6) is 0 Å². The van der Waals surface area contributed by atoms with Crippen LogP contribution in [0.3, 0.4) is 0 Å². The Morgan fingerprint density at radius 3 is 2.64 bits per heavy atom. The van der Waals surface area contributed by atoms with Gasteiger partial charge in [0, 0.05) is 11.6 Å². The third-order valence-corrected chi connectivity index (χ3v) is 6.65. The highest BCUT2D eigenvalue weighted by molar-refractivity contribution is 7.91. The van der Waals surface area contributed by atoms with Gasteiger partial charge in [0.1, 0.15) is 5.02 Å². The van der Waals surface area contributed by atoms with E-state index in [1.54, 1.807) is 6.92 Å². The lowest BCUT2D eigenvalue weighted by Crippen LogP contribution is -2.52. The fraction of sp³-hybridized carbons (Fsp3) is 0.375. The van der Waals surface area contributed by atoms with Crippen LogP contribution in [0.25, 0.3) is 5.70 Å². The van der Waals surface area contributed by atoms with Gasteiger partial charge in [0.2, 0.25) is 10.0 Å². The Labute approximate surface area is 172 Å². The molecule has 1 heterocycles. The highest BCUT2D eigenvalue weighted by Gasteiger charge is 2.40. The molecule has 0 saturated carbocycles. The highest BCUT2D eigenvalue weighted by atomic mass is 35.5. The lowest BCUT2D eigenvalue weighted by molar-refractivity contribution is -0.384. The van der Waals surface area contributed by atoms with Crippen LogP contribution < -0.4 is 5.32 Å². The number of carbonyl (C=O) groups is 1. The first-order valence-corrected chi connectivity index (χ1v) is 10.7. The van der Waals surface area contributed by atoms with Gasteiger partial charge in [-0.3, -0.25) is 10.1 Å². The number of carboxylic acid groups (broad SMARTS) is 1. The number of rotatable bonds is 7. The number of hydrogen-bond donors (Lipinski definition) is 2. The van der Waals surface area contributed by atoms with Crippen LogP contribution in [0.1, 0.15) is 32.3 Å². The van der Waals surface area contributed by atoms with Gasteiger partial charge in [-0.25, -0.2) is 17.5 Å². The molecule has 0 aliphatic carbocycles. The third kappa shape index (κ3) is 4.10. The second kappa shape index (κ2) is 8.41. The average Bonchev–Trinajstić information content (AvgIpc) is 2.58. The molecule has 0 bridgehead atoms. The fourth-order valence-corrected chi connectivity index (χ4v) is 5.31. The number of benzene rings is 1. The van der Waals surface area contributed by atoms with Crippen molar-refractivity contribution in [2.75, 3.05) is 5.75 Å². The molecule has 1 atom stereocenters. The molecule has 12 heteroatoms. The molecule has 1 aliphatic heterocycles. The van der Waals surface area contributed by atoms with Gasteiger partial charge in [-0.05, 0) is 25.6 Å². The standard InChI is InChI=1S/C16H18ClN3O6S2/c1-3-4-8-28(25,26)19-14(12(15(21)22)9(2)18-16(19)27)10-6-5-7-11(13(10)17)20(23)24/h5-7,9H,3-4,8H2,1-2H3,(H,18,27)(H,21,22). The fourth-order valence-electron chi connectivity index (χ4n) is 2.80. The van der Waals surface area contributed by atoms with Crippen molar-refractivity contribution in [3.05, 3.63) is 44.5 Å². The summed E-state index contributed by atoms with van der Waals surface area (Å²) in [5.41, 5.74) is -1.16. The smallest absolute Gasteiger partial charge is 0.335 e. The summed E-state index contributed by atoms with van der Waals surface area (Å²) >= 11 is 11.3. The number of thiocarbonyl (C=S) groups is 1. The molecule has 28 heavy (non-hydrogen) atoms. The van der Waals surface area contributed by atoms with Crippen LogP contribution >= 0.6 is 23.8 Å². The maximum Gasteiger partial charge on any atom is 0.335 e. The second-order valence-electron chi connectivity index (χ2n) is 6.07. The maximum absolute atomic E-state index is 12.9. The lowest BCUT2D eigenvalue weighted by atomic mass is 9.99. The summed E-state index contributed by atoms with van der Waals surface area (Å²) in [7, 11) is -4.05. The van der Waals surface area contributed by atoms with Crippen molar-refractivity contribution in [2.24, 2.45) is 0 Å². The molecule has 0 radical (unpaired) electrons. The first kappa shape index (κ1) is 22.1. The molecule has 0 aromatic heterocycles. The molecule has 0 spiro atoms. The number of hydrogen-bond acceptors (Lipinski definition) is 6. The Morgan fingerprint density at radius 1 is 1.46 bits per heavy atom. The molecule has 0 saturated heterocycles. The molecule has 152 valence electrons. The van der Waals surface area contributed by atoms with E-state index in [2.05, 4.69) is 5.32 Å². The van der Waals surface area contributed by atoms with Crippen LogP contribution in [-0.4, -0.2) is 45.6 Å². The topological polar surface area (TPSA) is 130 Å². The van der Waals surface area contributed by atoms with Crippen molar-refractivity contribution in [2.45, 2.75) is 32.7 Å². The van der Waals surface area contributed by atoms with E-state index in [4.69, 9.17) is 23.8 Å². The van der Waals surface area contributed by atoms with Gasteiger partial charge in [0.15, 0.2) is 5.11 Å². The van der Waals surface area contributed by atoms with Crippen molar-refractivity contribution in [3.63, 3.8) is 0 Å². The number of unbranched alkanes of at least 4 members (excludes halogenated alkanes) is 1. The molecular weight excluding hydrogens is 430 g/mol. The summed E-state index contributed by atoms with van der Waals surface area (Å²) in [4.78, 5) is 22.4. The van der Waals surface area contributed by atoms with E-state index in [1.807, 2.05) is 0 Å². The highest BCUT2D eigenvalue weighted by Crippen LogP contribution is 2.39. The molecule has 1 aromatic carbocycles. The van der Waals surface area contributed by atoms with E-state index >= 15 is 0 Å². The molecule has 0 amide bonds. The molecular formula is C16H18ClN3O6S2. The van der Waals surface area contributed by atoms with E-state index < -0.39 is 32.6 Å². The van der Waals surface area contributed by atoms with Crippen molar-refractivity contribution < 1.29 is 23.2 Å². The van der Waals surface area contributed by atoms with Gasteiger partial charge >= 0.3 is 5.97 Å². The average molecular weight is 448 g/mol. The predicted molar refractivity (Wildman–Crippen MR) is 108 cm³/mol. The predicted octanol–water partition coefficient (Wildman–Crippen LogP) is 2.75. The van der Waals surface area contributed by atoms with Gasteiger partial charge in [0.25, 0.3) is 5.69 Å². The first-order chi connectivity index (χ1) is 13.0. The molecule has 1 aromatic rings. The van der Waals surface area contributed by atoms with Gasteiger partial charge in [-0.1, -0.05) is 37.1 Å². The summed E-state index contributed by atoms with van der Waals surface area (Å²) in [6, 6.07) is 2.94. The Hall–Kier alpha value is -2.24. The van der Waals surface area contributed by atoms with Gasteiger partial charge in [-0.2, -0.15) is 0 Å². The van der Waals surface area contributed by atoms with Crippen LogP contribution in [0, 0.1) is 10.1 Å². The largest absolute Gasteiger partial charge is 0.478 e. The summed E-state index contributed by atoms with van der Waals surface area (Å²) in [5.74, 6) is -1.67. The number of sulfonamides is 1. The van der Waals surface area contributed by atoms with Crippen LogP contribution in [0.2, 0.25) is 5.02 Å². The zero-order valence-corrected chi connectivity index (χ0v) is 17.4. The first-order valence-electron chi connectivity index (χ1n) is 8.27. The quantitative estimate of drug-likeness (QED) is 0.370. The Bertz CT molecular complexity index is 977. The summed E-state index contributed by atoms with van der Waals surface area (Å²) in [5, 5.41) is 23.0. The van der Waals surface area contributed by atoms with E-state index in [0.717, 1.165) is 6.07 Å². The SMILES string of the molecule is CCCCS(=O)(=O)N1C(=S)NC(C)C(C(=O)O)=C1c1cccc([N+](=O)[O-])c1Cl. The minimum Gasteiger partial charge on any atom is -0.478 e. The molecule has 1 aliphatic rings. The van der Waals surface area contributed by atoms with Gasteiger partial charge in [0.05, 0.1) is 28.0 Å². The van der Waals surface area contributed by atoms with E-state index in [-0.39, 0.29) is 32.7 Å². The maximum atomic E-state index is 12.9. The molecule has 2 N–H and O–H groups in total. The number of aliphatic carboxylic acids is 1. The van der Waals surface area contributed by atoms with Crippen molar-refractivity contribution in [1.82, 2.24) is 9.62 Å². The number of nitrogens with zero attached hydrogens (tertiary/aromatic N) is 2. The summed E-state index contributed by atoms with van der Waals surface area (Å²) < 4.78 is 26.6. The van der Waals surface area contributed by atoms with Gasteiger partial charge < -0.3 is 10.4 Å². The minimum atomic E-state index is -4.05. The Balaban J connectivity index is 2.86. The molecule has 9 nitrogen and oxygen atoms in total. The van der Waals surface area contributed by atoms with E-state index in [1.165, 1.54) is 19.1 Å². The third-order valence-electron chi connectivity index (χ3n) is 4.11. The van der Waals surface area contributed by atoms with Crippen LogP contribution in [-0.2, 0) is 14.8 Å². The normalized spacial score (nSPS) is 17.5. The monoisotopic (exact) mass is 447 g/mol. The minimum absolute atomic E-state index is 0.0935. The summed E-state index contributed by atoms with van der Waals surface area (Å²) in [6.07, 6.45) is 0.918. The van der Waals surface area contributed by atoms with Crippen LogP contribution in [0.4, 0.5) is 5.69 Å². The summed E-state index contributed by atoms with van der Waals surface area (Å²) in [6.45, 7) is 3.30. The zero-order chi connectivity index (χ0) is 21.2. The van der Waals surface area contributed by atoms with Crippen molar-refractivity contribution in [1.29, 1.82) is 0 Å². The lowest BCUT2D eigenvalue weighted by Gasteiger charge is -2.36. The number of nitro benzene ring substituents is 1. The number of nitro groups is 1.